The van der Waals surface area contributed by atoms with Gasteiger partial charge in [0.25, 0.3) is 0 Å². The maximum absolute atomic E-state index is 13.2. The number of aromatic nitrogens is 2. The second kappa shape index (κ2) is 5.37. The van der Waals surface area contributed by atoms with E-state index in [1.165, 1.54) is 25.6 Å². The van der Waals surface area contributed by atoms with Gasteiger partial charge in [0.15, 0.2) is 16.7 Å². The van der Waals surface area contributed by atoms with Crippen LogP contribution in [0.4, 0.5) is 15.9 Å². The molecule has 7 heteroatoms. The average molecular weight is 288 g/mol. The van der Waals surface area contributed by atoms with Crippen molar-refractivity contribution in [1.29, 1.82) is 0 Å². The molecule has 2 rings (SSSR count). The molecule has 0 saturated heterocycles. The first-order valence-corrected chi connectivity index (χ1v) is 5.63. The Morgan fingerprint density at radius 3 is 2.67 bits per heavy atom. The van der Waals surface area contributed by atoms with Crippen molar-refractivity contribution in [3.05, 3.63) is 40.5 Å². The van der Waals surface area contributed by atoms with Crippen LogP contribution < -0.4 is 10.1 Å². The largest absolute Gasteiger partial charge is 0.490 e. The van der Waals surface area contributed by atoms with Gasteiger partial charge in [-0.2, -0.15) is 0 Å². The molecule has 0 radical (unpaired) electrons. The number of rotatable bonds is 3. The zero-order valence-electron chi connectivity index (χ0n) is 9.25. The summed E-state index contributed by atoms with van der Waals surface area (Å²) >= 11 is 11.6. The van der Waals surface area contributed by atoms with Crippen molar-refractivity contribution in [2.45, 2.75) is 0 Å². The van der Waals surface area contributed by atoms with E-state index in [1.54, 1.807) is 6.07 Å². The molecule has 4 nitrogen and oxygen atoms in total. The minimum Gasteiger partial charge on any atom is -0.490 e. The van der Waals surface area contributed by atoms with Gasteiger partial charge in [0, 0.05) is 10.7 Å². The molecule has 0 amide bonds. The van der Waals surface area contributed by atoms with Crippen LogP contribution in [-0.2, 0) is 0 Å². The molecule has 0 bridgehead atoms. The van der Waals surface area contributed by atoms with Crippen molar-refractivity contribution in [2.24, 2.45) is 0 Å². The molecular weight excluding hydrogens is 280 g/mol. The van der Waals surface area contributed by atoms with Gasteiger partial charge in [-0.3, -0.25) is 0 Å². The van der Waals surface area contributed by atoms with Gasteiger partial charge in [-0.05, 0) is 18.2 Å². The molecule has 1 aromatic heterocycles. The predicted molar refractivity (Wildman–Crippen MR) is 68.3 cm³/mol. The van der Waals surface area contributed by atoms with E-state index in [1.807, 2.05) is 0 Å². The van der Waals surface area contributed by atoms with E-state index in [0.29, 0.717) is 11.5 Å². The third kappa shape index (κ3) is 2.80. The minimum atomic E-state index is -0.455. The molecule has 2 aromatic rings. The lowest BCUT2D eigenvalue weighted by atomic mass is 10.3. The third-order valence-electron chi connectivity index (χ3n) is 2.09. The van der Waals surface area contributed by atoms with Crippen molar-refractivity contribution in [3.63, 3.8) is 0 Å². The minimum absolute atomic E-state index is 0.164. The van der Waals surface area contributed by atoms with Gasteiger partial charge in [0.1, 0.15) is 12.1 Å². The van der Waals surface area contributed by atoms with Crippen LogP contribution in [0, 0.1) is 5.82 Å². The van der Waals surface area contributed by atoms with Gasteiger partial charge in [-0.1, -0.05) is 23.2 Å². The molecule has 0 spiro atoms. The summed E-state index contributed by atoms with van der Waals surface area (Å²) in [6.07, 6.45) is 1.27. The number of nitrogens with zero attached hydrogens (tertiary/aromatic N) is 2. The summed E-state index contributed by atoms with van der Waals surface area (Å²) in [4.78, 5) is 7.74. The summed E-state index contributed by atoms with van der Waals surface area (Å²) < 4.78 is 18.2. The Morgan fingerprint density at radius 2 is 2.00 bits per heavy atom. The van der Waals surface area contributed by atoms with Gasteiger partial charge in [0.2, 0.25) is 0 Å². The topological polar surface area (TPSA) is 47.0 Å². The van der Waals surface area contributed by atoms with Crippen LogP contribution in [0.2, 0.25) is 10.2 Å². The number of hydrogen-bond donors (Lipinski definition) is 1. The van der Waals surface area contributed by atoms with Gasteiger partial charge in [-0.15, -0.1) is 0 Å². The maximum atomic E-state index is 13.2. The molecule has 0 aliphatic heterocycles. The van der Waals surface area contributed by atoms with E-state index < -0.39 is 5.82 Å². The lowest BCUT2D eigenvalue weighted by Gasteiger charge is -2.10. The Bertz CT molecular complexity index is 560. The van der Waals surface area contributed by atoms with E-state index in [9.17, 15) is 4.39 Å². The smallest absolute Gasteiger partial charge is 0.199 e. The van der Waals surface area contributed by atoms with Crippen molar-refractivity contribution in [2.75, 3.05) is 12.4 Å². The van der Waals surface area contributed by atoms with E-state index in [2.05, 4.69) is 15.3 Å². The fourth-order valence-corrected chi connectivity index (χ4v) is 1.82. The van der Waals surface area contributed by atoms with Gasteiger partial charge in [-0.25, -0.2) is 14.4 Å². The monoisotopic (exact) mass is 287 g/mol. The summed E-state index contributed by atoms with van der Waals surface area (Å²) in [7, 11) is 1.44. The lowest BCUT2D eigenvalue weighted by molar-refractivity contribution is 0.413. The Kier molecular flexibility index (Phi) is 3.84. The zero-order valence-corrected chi connectivity index (χ0v) is 10.8. The molecule has 0 saturated carbocycles. The SMILES string of the molecule is COc1c(Cl)ncnc1Nc1cc(F)cc(Cl)c1. The number of methoxy groups -OCH3 is 1. The summed E-state index contributed by atoms with van der Waals surface area (Å²) in [5, 5.41) is 3.30. The number of halogens is 3. The molecule has 0 fully saturated rings. The third-order valence-corrected chi connectivity index (χ3v) is 2.58. The Morgan fingerprint density at radius 1 is 1.22 bits per heavy atom. The Balaban J connectivity index is 2.36. The second-order valence-corrected chi connectivity index (χ2v) is 4.12. The molecule has 0 aliphatic carbocycles. The fourth-order valence-electron chi connectivity index (χ4n) is 1.38. The van der Waals surface area contributed by atoms with Crippen LogP contribution in [-0.4, -0.2) is 17.1 Å². The number of anilines is 2. The number of nitrogens with one attached hydrogen (secondary N) is 1. The quantitative estimate of drug-likeness (QED) is 0.875. The van der Waals surface area contributed by atoms with Gasteiger partial charge < -0.3 is 10.1 Å². The van der Waals surface area contributed by atoms with Crippen LogP contribution in [0.1, 0.15) is 0 Å². The highest BCUT2D eigenvalue weighted by Crippen LogP contribution is 2.31. The van der Waals surface area contributed by atoms with Crippen LogP contribution in [0.5, 0.6) is 5.75 Å². The van der Waals surface area contributed by atoms with E-state index in [4.69, 9.17) is 27.9 Å². The second-order valence-electron chi connectivity index (χ2n) is 3.33. The van der Waals surface area contributed by atoms with Crippen LogP contribution in [0.3, 0.4) is 0 Å². The molecule has 1 aromatic carbocycles. The first-order chi connectivity index (χ1) is 8.60. The molecule has 1 heterocycles. The van der Waals surface area contributed by atoms with Gasteiger partial charge in [0.05, 0.1) is 7.11 Å². The molecule has 0 unspecified atom stereocenters. The lowest BCUT2D eigenvalue weighted by Crippen LogP contribution is -1.99. The van der Waals surface area contributed by atoms with Crippen molar-refractivity contribution >= 4 is 34.7 Å². The molecule has 0 aliphatic rings. The number of benzene rings is 1. The normalized spacial score (nSPS) is 10.2. The fraction of sp³-hybridized carbons (Fsp3) is 0.0909. The van der Waals surface area contributed by atoms with E-state index in [0.717, 1.165) is 0 Å². The average Bonchev–Trinajstić information content (AvgIpc) is 2.27. The predicted octanol–water partition coefficient (Wildman–Crippen LogP) is 3.67. The molecule has 94 valence electrons. The molecule has 1 N–H and O–H groups in total. The van der Waals surface area contributed by atoms with Gasteiger partial charge >= 0.3 is 0 Å². The van der Waals surface area contributed by atoms with Crippen molar-refractivity contribution in [3.8, 4) is 5.75 Å². The first-order valence-electron chi connectivity index (χ1n) is 4.87. The summed E-state index contributed by atoms with van der Waals surface area (Å²) in [6, 6.07) is 4.04. The Hall–Kier alpha value is -1.59. The van der Waals surface area contributed by atoms with Crippen LogP contribution >= 0.6 is 23.2 Å². The molecule has 18 heavy (non-hydrogen) atoms. The molecule has 0 atom stereocenters. The van der Waals surface area contributed by atoms with E-state index in [-0.39, 0.29) is 15.9 Å². The highest BCUT2D eigenvalue weighted by atomic mass is 35.5. The Labute approximate surface area is 113 Å². The highest BCUT2D eigenvalue weighted by molar-refractivity contribution is 6.31. The van der Waals surface area contributed by atoms with Crippen LogP contribution in [0.15, 0.2) is 24.5 Å². The summed E-state index contributed by atoms with van der Waals surface area (Å²) in [5.41, 5.74) is 0.438. The van der Waals surface area contributed by atoms with E-state index >= 15 is 0 Å². The van der Waals surface area contributed by atoms with Crippen molar-refractivity contribution < 1.29 is 9.13 Å². The number of hydrogen-bond acceptors (Lipinski definition) is 4. The van der Waals surface area contributed by atoms with Crippen molar-refractivity contribution in [1.82, 2.24) is 9.97 Å². The standard InChI is InChI=1S/C11H8Cl2FN3O/c1-18-9-10(13)15-5-16-11(9)17-8-3-6(12)2-7(14)4-8/h2-5H,1H3,(H,15,16,17). The summed E-state index contributed by atoms with van der Waals surface area (Å²) in [5.74, 6) is 0.155. The number of ether oxygens (including phenoxy) is 1. The van der Waals surface area contributed by atoms with Crippen LogP contribution in [0.25, 0.3) is 0 Å². The molecular formula is C11H8Cl2FN3O. The zero-order chi connectivity index (χ0) is 13.1. The first kappa shape index (κ1) is 12.9. The summed E-state index contributed by atoms with van der Waals surface area (Å²) in [6.45, 7) is 0. The maximum Gasteiger partial charge on any atom is 0.199 e. The highest BCUT2D eigenvalue weighted by Gasteiger charge is 2.11.